The number of halogens is 1. The van der Waals surface area contributed by atoms with E-state index in [2.05, 4.69) is 60.7 Å². The van der Waals surface area contributed by atoms with Gasteiger partial charge in [-0.15, -0.1) is 11.3 Å². The van der Waals surface area contributed by atoms with Crippen LogP contribution < -0.4 is 0 Å². The Morgan fingerprint density at radius 2 is 1.28 bits per heavy atom. The first-order valence-corrected chi connectivity index (χ1v) is 12.8. The van der Waals surface area contributed by atoms with E-state index in [-0.39, 0.29) is 0 Å². The van der Waals surface area contributed by atoms with E-state index in [4.69, 9.17) is 26.6 Å². The van der Waals surface area contributed by atoms with Crippen LogP contribution in [-0.4, -0.2) is 15.0 Å². The quantitative estimate of drug-likeness (QED) is 0.243. The van der Waals surface area contributed by atoms with Crippen LogP contribution in [0.4, 0.5) is 0 Å². The number of fused-ring (bicyclic) bond motifs is 4. The Morgan fingerprint density at radius 3 is 2.14 bits per heavy atom. The SMILES string of the molecule is Clc1ccc2sc3cccc(-c4nc(-c5ccccc5)nc(-c5ccc6ccccc6c5)n4)c3c2c1. The van der Waals surface area contributed by atoms with E-state index in [0.29, 0.717) is 17.5 Å². The second-order valence-electron chi connectivity index (χ2n) is 8.66. The van der Waals surface area contributed by atoms with Gasteiger partial charge < -0.3 is 0 Å². The summed E-state index contributed by atoms with van der Waals surface area (Å²) in [5.74, 6) is 1.95. The van der Waals surface area contributed by atoms with Crippen LogP contribution in [0.1, 0.15) is 0 Å². The first kappa shape index (κ1) is 21.2. The summed E-state index contributed by atoms with van der Waals surface area (Å²) in [4.78, 5) is 14.9. The van der Waals surface area contributed by atoms with Gasteiger partial charge in [0.25, 0.3) is 0 Å². The van der Waals surface area contributed by atoms with Gasteiger partial charge in [0.05, 0.1) is 0 Å². The molecule has 0 saturated carbocycles. The zero-order valence-electron chi connectivity index (χ0n) is 19.0. The fourth-order valence-electron chi connectivity index (χ4n) is 4.66. The van der Waals surface area contributed by atoms with E-state index in [9.17, 15) is 0 Å². The smallest absolute Gasteiger partial charge is 0.164 e. The molecule has 7 rings (SSSR count). The molecule has 0 radical (unpaired) electrons. The average Bonchev–Trinajstić information content (AvgIpc) is 3.31. The van der Waals surface area contributed by atoms with Crippen molar-refractivity contribution in [2.45, 2.75) is 0 Å². The number of aromatic nitrogens is 3. The molecule has 2 heterocycles. The minimum Gasteiger partial charge on any atom is -0.208 e. The highest BCUT2D eigenvalue weighted by Gasteiger charge is 2.17. The fourth-order valence-corrected chi connectivity index (χ4v) is 5.94. The van der Waals surface area contributed by atoms with Crippen LogP contribution in [0.25, 0.3) is 65.1 Å². The summed E-state index contributed by atoms with van der Waals surface area (Å²) in [6.07, 6.45) is 0. The third-order valence-corrected chi connectivity index (χ3v) is 7.74. The van der Waals surface area contributed by atoms with Crippen LogP contribution in [0.5, 0.6) is 0 Å². The van der Waals surface area contributed by atoms with Crippen molar-refractivity contribution < 1.29 is 0 Å². The van der Waals surface area contributed by atoms with E-state index >= 15 is 0 Å². The molecule has 0 aliphatic carbocycles. The normalized spacial score (nSPS) is 11.5. The number of rotatable bonds is 3. The van der Waals surface area contributed by atoms with Crippen molar-refractivity contribution in [2.75, 3.05) is 0 Å². The van der Waals surface area contributed by atoms with E-state index < -0.39 is 0 Å². The fraction of sp³-hybridized carbons (Fsp3) is 0. The number of thiophene rings is 1. The van der Waals surface area contributed by atoms with Crippen molar-refractivity contribution in [1.82, 2.24) is 15.0 Å². The number of benzene rings is 5. The van der Waals surface area contributed by atoms with Crippen LogP contribution in [0, 0.1) is 0 Å². The van der Waals surface area contributed by atoms with Gasteiger partial charge in [0.1, 0.15) is 0 Å². The first-order valence-electron chi connectivity index (χ1n) is 11.6. The Kier molecular flexibility index (Phi) is 5.01. The molecule has 0 aliphatic rings. The lowest BCUT2D eigenvalue weighted by molar-refractivity contribution is 1.08. The lowest BCUT2D eigenvalue weighted by Gasteiger charge is -2.10. The molecule has 3 nitrogen and oxygen atoms in total. The molecule has 5 aromatic carbocycles. The first-order chi connectivity index (χ1) is 17.7. The summed E-state index contributed by atoms with van der Waals surface area (Å²) < 4.78 is 2.37. The van der Waals surface area contributed by atoms with Gasteiger partial charge in [-0.1, -0.05) is 90.5 Å². The van der Waals surface area contributed by atoms with Crippen LogP contribution in [0.2, 0.25) is 5.02 Å². The molecule has 0 aliphatic heterocycles. The van der Waals surface area contributed by atoms with E-state index in [1.165, 1.54) is 14.8 Å². The minimum atomic E-state index is 0.650. The van der Waals surface area contributed by atoms with Gasteiger partial charge in [0.2, 0.25) is 0 Å². The Morgan fingerprint density at radius 1 is 0.528 bits per heavy atom. The molecule has 0 N–H and O–H groups in total. The largest absolute Gasteiger partial charge is 0.208 e. The van der Waals surface area contributed by atoms with Crippen LogP contribution in [0.3, 0.4) is 0 Å². The van der Waals surface area contributed by atoms with E-state index in [1.807, 2.05) is 48.5 Å². The van der Waals surface area contributed by atoms with Crippen LogP contribution >= 0.6 is 22.9 Å². The second-order valence-corrected chi connectivity index (χ2v) is 10.2. The van der Waals surface area contributed by atoms with Gasteiger partial charge in [-0.2, -0.15) is 0 Å². The summed E-state index contributed by atoms with van der Waals surface area (Å²) in [5, 5.41) is 5.29. The van der Waals surface area contributed by atoms with Crippen LogP contribution in [0.15, 0.2) is 109 Å². The van der Waals surface area contributed by atoms with Gasteiger partial charge >= 0.3 is 0 Å². The van der Waals surface area contributed by atoms with Gasteiger partial charge in [-0.05, 0) is 41.1 Å². The number of nitrogens with zero attached hydrogens (tertiary/aromatic N) is 3. The van der Waals surface area contributed by atoms with Crippen molar-refractivity contribution in [3.63, 3.8) is 0 Å². The maximum atomic E-state index is 6.40. The highest BCUT2D eigenvalue weighted by Crippen LogP contribution is 2.40. The zero-order valence-corrected chi connectivity index (χ0v) is 20.6. The van der Waals surface area contributed by atoms with Crippen molar-refractivity contribution in [3.8, 4) is 34.2 Å². The van der Waals surface area contributed by atoms with Gasteiger partial charge in [0.15, 0.2) is 17.5 Å². The van der Waals surface area contributed by atoms with Gasteiger partial charge in [0, 0.05) is 41.9 Å². The molecule has 0 unspecified atom stereocenters. The Labute approximate surface area is 216 Å². The monoisotopic (exact) mass is 499 g/mol. The summed E-state index contributed by atoms with van der Waals surface area (Å²) >= 11 is 8.15. The second kappa shape index (κ2) is 8.52. The molecule has 0 amide bonds. The molecular weight excluding hydrogens is 482 g/mol. The predicted molar refractivity (Wildman–Crippen MR) is 152 cm³/mol. The number of hydrogen-bond acceptors (Lipinski definition) is 4. The summed E-state index contributed by atoms with van der Waals surface area (Å²) in [5.41, 5.74) is 2.89. The molecule has 0 fully saturated rings. The predicted octanol–water partition coefficient (Wildman–Crippen LogP) is 9.05. The van der Waals surface area contributed by atoms with Crippen LogP contribution in [-0.2, 0) is 0 Å². The van der Waals surface area contributed by atoms with Gasteiger partial charge in [-0.3, -0.25) is 0 Å². The molecule has 36 heavy (non-hydrogen) atoms. The minimum absolute atomic E-state index is 0.650. The topological polar surface area (TPSA) is 38.7 Å². The third-order valence-electron chi connectivity index (χ3n) is 6.37. The molecule has 0 atom stereocenters. The van der Waals surface area contributed by atoms with Crippen molar-refractivity contribution >= 4 is 53.9 Å². The summed E-state index contributed by atoms with van der Waals surface area (Å²) in [6.45, 7) is 0. The molecule has 170 valence electrons. The molecule has 0 spiro atoms. The van der Waals surface area contributed by atoms with Crippen molar-refractivity contribution in [3.05, 3.63) is 114 Å². The Balaban J connectivity index is 1.51. The standard InChI is InChI=1S/C31H18ClN3S/c32-23-15-16-26-25(18-23)28-24(11-6-12-27(28)36-26)31-34-29(20-8-2-1-3-9-20)33-30(35-31)22-14-13-19-7-4-5-10-21(19)17-22/h1-18H. The Hall–Kier alpha value is -4.12. The lowest BCUT2D eigenvalue weighted by atomic mass is 10.0. The third kappa shape index (κ3) is 3.63. The highest BCUT2D eigenvalue weighted by atomic mass is 35.5. The molecule has 0 saturated heterocycles. The molecule has 7 aromatic rings. The Bertz CT molecular complexity index is 1910. The maximum absolute atomic E-state index is 6.40. The average molecular weight is 500 g/mol. The van der Waals surface area contributed by atoms with Gasteiger partial charge in [-0.25, -0.2) is 15.0 Å². The molecule has 2 aromatic heterocycles. The van der Waals surface area contributed by atoms with E-state index in [1.54, 1.807) is 11.3 Å². The molecular formula is C31H18ClN3S. The van der Waals surface area contributed by atoms with E-state index in [0.717, 1.165) is 37.9 Å². The lowest BCUT2D eigenvalue weighted by Crippen LogP contribution is -2.00. The summed E-state index contributed by atoms with van der Waals surface area (Å²) in [7, 11) is 0. The zero-order chi connectivity index (χ0) is 24.1. The molecule has 5 heteroatoms. The number of hydrogen-bond donors (Lipinski definition) is 0. The van der Waals surface area contributed by atoms with Crippen molar-refractivity contribution in [2.24, 2.45) is 0 Å². The maximum Gasteiger partial charge on any atom is 0.164 e. The molecule has 0 bridgehead atoms. The van der Waals surface area contributed by atoms with Crippen molar-refractivity contribution in [1.29, 1.82) is 0 Å². The summed E-state index contributed by atoms with van der Waals surface area (Å²) in [6, 6.07) is 37.1. The highest BCUT2D eigenvalue weighted by molar-refractivity contribution is 7.26.